The zero-order valence-electron chi connectivity index (χ0n) is 11.1. The molecule has 0 bridgehead atoms. The summed E-state index contributed by atoms with van der Waals surface area (Å²) in [4.78, 5) is 15.4. The van der Waals surface area contributed by atoms with Crippen LogP contribution in [-0.2, 0) is 17.7 Å². The molecule has 0 saturated heterocycles. The summed E-state index contributed by atoms with van der Waals surface area (Å²) in [6.07, 6.45) is 0.591. The summed E-state index contributed by atoms with van der Waals surface area (Å²) in [6.45, 7) is 0. The second kappa shape index (κ2) is 7.91. The molecular formula is C15H18N2O3. The molecule has 0 unspecified atom stereocenters. The van der Waals surface area contributed by atoms with Crippen molar-refractivity contribution in [2.75, 3.05) is 0 Å². The number of rotatable bonds is 6. The molecule has 0 aromatic heterocycles. The third-order valence-electron chi connectivity index (χ3n) is 2.85. The van der Waals surface area contributed by atoms with Crippen LogP contribution in [0.15, 0.2) is 60.7 Å². The number of hydrogen-bond donors (Lipinski definition) is 1. The first-order valence-corrected chi connectivity index (χ1v) is 6.13. The molecule has 0 spiro atoms. The molecule has 0 aliphatic rings. The molecule has 0 aliphatic heterocycles. The first-order chi connectivity index (χ1) is 9.24. The summed E-state index contributed by atoms with van der Waals surface area (Å²) in [5.41, 5.74) is 2.07. The fourth-order valence-corrected chi connectivity index (χ4v) is 2.02. The van der Waals surface area contributed by atoms with Gasteiger partial charge in [-0.05, 0) is 24.0 Å². The van der Waals surface area contributed by atoms with Crippen LogP contribution in [0, 0.1) is 10.1 Å². The maximum atomic E-state index is 10.6. The normalized spacial score (nSPS) is 9.85. The van der Waals surface area contributed by atoms with Crippen LogP contribution in [0.25, 0.3) is 0 Å². The fourth-order valence-electron chi connectivity index (χ4n) is 2.02. The highest BCUT2D eigenvalue weighted by Crippen LogP contribution is 2.12. The highest BCUT2D eigenvalue weighted by Gasteiger charge is 2.14. The molecule has 3 N–H and O–H groups in total. The van der Waals surface area contributed by atoms with E-state index < -0.39 is 11.2 Å². The van der Waals surface area contributed by atoms with Gasteiger partial charge < -0.3 is 11.0 Å². The van der Waals surface area contributed by atoms with Gasteiger partial charge in [0, 0.05) is 0 Å². The van der Waals surface area contributed by atoms with Crippen LogP contribution in [0.4, 0.5) is 0 Å². The number of nitrogens with zero attached hydrogens (tertiary/aromatic N) is 1. The summed E-state index contributed by atoms with van der Waals surface area (Å²) >= 11 is 0. The molecule has 0 aliphatic carbocycles. The van der Waals surface area contributed by atoms with Crippen LogP contribution in [0.2, 0.25) is 0 Å². The summed E-state index contributed by atoms with van der Waals surface area (Å²) < 4.78 is 0. The second-order valence-corrected chi connectivity index (χ2v) is 4.33. The van der Waals surface area contributed by atoms with E-state index in [-0.39, 0.29) is 6.15 Å². The lowest BCUT2D eigenvalue weighted by Crippen LogP contribution is -2.22. The van der Waals surface area contributed by atoms with E-state index in [9.17, 15) is 10.1 Å². The van der Waals surface area contributed by atoms with Crippen molar-refractivity contribution in [2.45, 2.75) is 18.9 Å². The Morgan fingerprint density at radius 1 is 0.900 bits per heavy atom. The van der Waals surface area contributed by atoms with Crippen molar-refractivity contribution in [2.24, 2.45) is 0 Å². The predicted molar refractivity (Wildman–Crippen MR) is 77.2 cm³/mol. The van der Waals surface area contributed by atoms with Gasteiger partial charge in [-0.3, -0.25) is 0 Å². The lowest BCUT2D eigenvalue weighted by molar-refractivity contribution is -0.768. The molecule has 5 nitrogen and oxygen atoms in total. The largest absolute Gasteiger partial charge is 0.344 e. The molecule has 2 aromatic rings. The van der Waals surface area contributed by atoms with Crippen LogP contribution in [0.5, 0.6) is 0 Å². The number of benzene rings is 2. The van der Waals surface area contributed by atoms with E-state index in [1.807, 2.05) is 60.7 Å². The SMILES string of the molecule is N.O=[N+]([O-])OC(Cc1ccccc1)Cc1ccccc1. The van der Waals surface area contributed by atoms with Crippen molar-refractivity contribution in [3.8, 4) is 0 Å². The Kier molecular flexibility index (Phi) is 6.19. The van der Waals surface area contributed by atoms with Crippen molar-refractivity contribution < 1.29 is 9.92 Å². The fraction of sp³-hybridized carbons (Fsp3) is 0.200. The Balaban J connectivity index is 0.00000200. The van der Waals surface area contributed by atoms with Crippen molar-refractivity contribution in [1.82, 2.24) is 6.15 Å². The summed E-state index contributed by atoms with van der Waals surface area (Å²) in [5, 5.41) is 9.86. The molecule has 0 saturated carbocycles. The molecular weight excluding hydrogens is 256 g/mol. The minimum atomic E-state index is -0.712. The van der Waals surface area contributed by atoms with Crippen LogP contribution >= 0.6 is 0 Å². The third kappa shape index (κ3) is 5.07. The van der Waals surface area contributed by atoms with Crippen molar-refractivity contribution in [1.29, 1.82) is 0 Å². The highest BCUT2D eigenvalue weighted by atomic mass is 17.0. The molecule has 2 rings (SSSR count). The van der Waals surface area contributed by atoms with Crippen LogP contribution < -0.4 is 6.15 Å². The van der Waals surface area contributed by atoms with E-state index in [0.29, 0.717) is 12.8 Å². The molecule has 0 fully saturated rings. The Bertz CT molecular complexity index is 476. The zero-order valence-corrected chi connectivity index (χ0v) is 11.1. The van der Waals surface area contributed by atoms with Gasteiger partial charge in [0.1, 0.15) is 6.10 Å². The Morgan fingerprint density at radius 2 is 1.30 bits per heavy atom. The zero-order chi connectivity index (χ0) is 13.5. The summed E-state index contributed by atoms with van der Waals surface area (Å²) in [5.74, 6) is 0. The van der Waals surface area contributed by atoms with E-state index in [4.69, 9.17) is 4.84 Å². The van der Waals surface area contributed by atoms with E-state index in [0.717, 1.165) is 11.1 Å². The van der Waals surface area contributed by atoms with E-state index in [2.05, 4.69) is 0 Å². The van der Waals surface area contributed by atoms with Gasteiger partial charge >= 0.3 is 0 Å². The smallest absolute Gasteiger partial charge is 0.294 e. The Hall–Kier alpha value is -2.40. The van der Waals surface area contributed by atoms with Crippen molar-refractivity contribution in [3.05, 3.63) is 81.9 Å². The van der Waals surface area contributed by atoms with Gasteiger partial charge in [-0.1, -0.05) is 60.7 Å². The molecule has 0 radical (unpaired) electrons. The van der Waals surface area contributed by atoms with Crippen molar-refractivity contribution in [3.63, 3.8) is 0 Å². The summed E-state index contributed by atoms with van der Waals surface area (Å²) in [6, 6.07) is 19.3. The van der Waals surface area contributed by atoms with Crippen LogP contribution in [0.3, 0.4) is 0 Å². The Morgan fingerprint density at radius 3 is 1.65 bits per heavy atom. The van der Waals surface area contributed by atoms with Crippen molar-refractivity contribution >= 4 is 0 Å². The average Bonchev–Trinajstić information content (AvgIpc) is 2.40. The standard InChI is InChI=1S/C15H15NO3.H3N/c17-16(18)19-15(11-13-7-3-1-4-8-13)12-14-9-5-2-6-10-14;/h1-10,15H,11-12H2;1H3. The average molecular weight is 274 g/mol. The molecule has 0 amide bonds. The first kappa shape index (κ1) is 15.7. The maximum absolute atomic E-state index is 10.6. The summed E-state index contributed by atoms with van der Waals surface area (Å²) in [7, 11) is 0. The van der Waals surface area contributed by atoms with Gasteiger partial charge in [0.2, 0.25) is 0 Å². The molecule has 2 aromatic carbocycles. The van der Waals surface area contributed by atoms with Gasteiger partial charge in [-0.15, -0.1) is 10.1 Å². The molecule has 5 heteroatoms. The minimum Gasteiger partial charge on any atom is -0.344 e. The van der Waals surface area contributed by atoms with E-state index >= 15 is 0 Å². The van der Waals surface area contributed by atoms with Crippen LogP contribution in [-0.4, -0.2) is 11.2 Å². The van der Waals surface area contributed by atoms with Gasteiger partial charge in [0.25, 0.3) is 5.09 Å². The Labute approximate surface area is 117 Å². The van der Waals surface area contributed by atoms with E-state index in [1.54, 1.807) is 0 Å². The van der Waals surface area contributed by atoms with E-state index in [1.165, 1.54) is 0 Å². The molecule has 20 heavy (non-hydrogen) atoms. The maximum Gasteiger partial charge on any atom is 0.294 e. The minimum absolute atomic E-state index is 0. The molecule has 0 heterocycles. The lowest BCUT2D eigenvalue weighted by atomic mass is 10.0. The van der Waals surface area contributed by atoms with Gasteiger partial charge in [0.15, 0.2) is 0 Å². The molecule has 0 atom stereocenters. The first-order valence-electron chi connectivity index (χ1n) is 6.13. The number of hydrogen-bond acceptors (Lipinski definition) is 4. The molecule has 106 valence electrons. The lowest BCUT2D eigenvalue weighted by Gasteiger charge is -2.15. The van der Waals surface area contributed by atoms with Gasteiger partial charge in [-0.25, -0.2) is 0 Å². The van der Waals surface area contributed by atoms with Crippen LogP contribution in [0.1, 0.15) is 11.1 Å². The highest BCUT2D eigenvalue weighted by molar-refractivity contribution is 5.18. The second-order valence-electron chi connectivity index (χ2n) is 4.33. The monoisotopic (exact) mass is 274 g/mol. The quantitative estimate of drug-likeness (QED) is 0.647. The third-order valence-corrected chi connectivity index (χ3v) is 2.85. The van der Waals surface area contributed by atoms with Gasteiger partial charge in [0.05, 0.1) is 0 Å². The topological polar surface area (TPSA) is 87.4 Å². The predicted octanol–water partition coefficient (Wildman–Crippen LogP) is 3.21. The van der Waals surface area contributed by atoms with Gasteiger partial charge in [-0.2, -0.15) is 0 Å².